The van der Waals surface area contributed by atoms with Gasteiger partial charge < -0.3 is 9.88 Å². The number of aryl methyl sites for hydroxylation is 1. The van der Waals surface area contributed by atoms with Gasteiger partial charge in [0.05, 0.1) is 0 Å². The molecule has 3 heterocycles. The molecule has 0 unspecified atom stereocenters. The van der Waals surface area contributed by atoms with E-state index in [1.165, 1.54) is 24.8 Å². The van der Waals surface area contributed by atoms with Crippen molar-refractivity contribution < 1.29 is 0 Å². The smallest absolute Gasteiger partial charge is 0.250 e. The predicted octanol–water partition coefficient (Wildman–Crippen LogP) is 0.993. The van der Waals surface area contributed by atoms with Gasteiger partial charge in [-0.15, -0.1) is 0 Å². The largest absolute Gasteiger partial charge is 0.318 e. The lowest BCUT2D eigenvalue weighted by molar-refractivity contribution is 0.503. The molecule has 80 valence electrons. The van der Waals surface area contributed by atoms with Crippen LogP contribution in [0.5, 0.6) is 0 Å². The van der Waals surface area contributed by atoms with E-state index in [4.69, 9.17) is 0 Å². The predicted molar refractivity (Wildman–Crippen MR) is 59.0 cm³/mol. The molecule has 2 aliphatic rings. The summed E-state index contributed by atoms with van der Waals surface area (Å²) in [4.78, 5) is 11.3. The summed E-state index contributed by atoms with van der Waals surface area (Å²) in [6.45, 7) is 0. The molecule has 2 saturated heterocycles. The number of nitrogens with zero attached hydrogens (tertiary/aromatic N) is 1. The first kappa shape index (κ1) is 9.16. The highest BCUT2D eigenvalue weighted by Crippen LogP contribution is 2.39. The fraction of sp³-hybridized carbons (Fsp3) is 0.583. The van der Waals surface area contributed by atoms with Crippen LogP contribution in [0.1, 0.15) is 30.7 Å². The SMILES string of the molecule is Cn1cc([C@@H]2C[C@H]3CC[C@@H]2N3)ccc1=O. The molecule has 3 nitrogen and oxygen atoms in total. The molecule has 2 aliphatic heterocycles. The first-order valence-corrected chi connectivity index (χ1v) is 5.66. The summed E-state index contributed by atoms with van der Waals surface area (Å²) in [7, 11) is 1.83. The topological polar surface area (TPSA) is 34.0 Å². The van der Waals surface area contributed by atoms with E-state index < -0.39 is 0 Å². The maximum absolute atomic E-state index is 11.3. The van der Waals surface area contributed by atoms with Gasteiger partial charge in [-0.3, -0.25) is 4.79 Å². The van der Waals surface area contributed by atoms with Crippen molar-refractivity contribution in [3.63, 3.8) is 0 Å². The van der Waals surface area contributed by atoms with Crippen LogP contribution in [0.4, 0.5) is 0 Å². The molecule has 1 aromatic rings. The fourth-order valence-corrected chi connectivity index (χ4v) is 3.03. The molecule has 15 heavy (non-hydrogen) atoms. The van der Waals surface area contributed by atoms with Crippen molar-refractivity contribution in [2.75, 3.05) is 0 Å². The summed E-state index contributed by atoms with van der Waals surface area (Å²) >= 11 is 0. The van der Waals surface area contributed by atoms with Crippen LogP contribution in [-0.2, 0) is 7.05 Å². The van der Waals surface area contributed by atoms with Gasteiger partial charge in [-0.1, -0.05) is 6.07 Å². The molecule has 1 aromatic heterocycles. The van der Waals surface area contributed by atoms with Gasteiger partial charge in [0.15, 0.2) is 0 Å². The van der Waals surface area contributed by atoms with E-state index in [0.717, 1.165) is 6.04 Å². The lowest BCUT2D eigenvalue weighted by Crippen LogP contribution is -2.23. The summed E-state index contributed by atoms with van der Waals surface area (Å²) in [6, 6.07) is 5.04. The monoisotopic (exact) mass is 204 g/mol. The zero-order chi connectivity index (χ0) is 10.4. The zero-order valence-corrected chi connectivity index (χ0v) is 8.94. The Labute approximate surface area is 89.1 Å². The van der Waals surface area contributed by atoms with Crippen LogP contribution in [0.2, 0.25) is 0 Å². The third-order valence-corrected chi connectivity index (χ3v) is 3.84. The van der Waals surface area contributed by atoms with E-state index in [9.17, 15) is 4.79 Å². The number of hydrogen-bond acceptors (Lipinski definition) is 2. The minimum absolute atomic E-state index is 0.0786. The maximum Gasteiger partial charge on any atom is 0.250 e. The van der Waals surface area contributed by atoms with Crippen molar-refractivity contribution >= 4 is 0 Å². The number of hydrogen-bond donors (Lipinski definition) is 1. The molecule has 0 saturated carbocycles. The van der Waals surface area contributed by atoms with Gasteiger partial charge in [0.25, 0.3) is 0 Å². The second kappa shape index (κ2) is 3.20. The Balaban J connectivity index is 1.93. The van der Waals surface area contributed by atoms with Crippen LogP contribution in [0.3, 0.4) is 0 Å². The fourth-order valence-electron chi connectivity index (χ4n) is 3.03. The summed E-state index contributed by atoms with van der Waals surface area (Å²) in [6.07, 6.45) is 5.85. The van der Waals surface area contributed by atoms with Crippen molar-refractivity contribution in [1.29, 1.82) is 0 Å². The Kier molecular flexibility index (Phi) is 1.96. The molecule has 3 heteroatoms. The molecule has 0 spiro atoms. The summed E-state index contributed by atoms with van der Waals surface area (Å²) in [5.74, 6) is 0.621. The maximum atomic E-state index is 11.3. The van der Waals surface area contributed by atoms with Gasteiger partial charge in [-0.25, -0.2) is 0 Å². The van der Waals surface area contributed by atoms with Crippen LogP contribution < -0.4 is 10.9 Å². The molecule has 1 N–H and O–H groups in total. The van der Waals surface area contributed by atoms with Gasteiger partial charge in [0, 0.05) is 37.3 Å². The van der Waals surface area contributed by atoms with Crippen LogP contribution in [-0.4, -0.2) is 16.7 Å². The Morgan fingerprint density at radius 1 is 1.40 bits per heavy atom. The van der Waals surface area contributed by atoms with Crippen molar-refractivity contribution in [2.24, 2.45) is 7.05 Å². The average molecular weight is 204 g/mol. The van der Waals surface area contributed by atoms with E-state index in [-0.39, 0.29) is 5.56 Å². The summed E-state index contributed by atoms with van der Waals surface area (Å²) in [5, 5.41) is 3.62. The van der Waals surface area contributed by atoms with Crippen molar-refractivity contribution in [2.45, 2.75) is 37.3 Å². The first-order valence-electron chi connectivity index (χ1n) is 5.66. The zero-order valence-electron chi connectivity index (χ0n) is 8.94. The third kappa shape index (κ3) is 1.42. The Morgan fingerprint density at radius 3 is 2.87 bits per heavy atom. The molecule has 0 aromatic carbocycles. The van der Waals surface area contributed by atoms with Crippen LogP contribution in [0, 0.1) is 0 Å². The minimum Gasteiger partial charge on any atom is -0.318 e. The highest BCUT2D eigenvalue weighted by molar-refractivity contribution is 5.22. The number of aromatic nitrogens is 1. The van der Waals surface area contributed by atoms with Crippen LogP contribution in [0.15, 0.2) is 23.1 Å². The van der Waals surface area contributed by atoms with Crippen molar-refractivity contribution in [3.8, 4) is 0 Å². The van der Waals surface area contributed by atoms with Gasteiger partial charge in [0.1, 0.15) is 0 Å². The molecule has 0 radical (unpaired) electrons. The van der Waals surface area contributed by atoms with E-state index in [1.54, 1.807) is 10.6 Å². The molecule has 2 bridgehead atoms. The van der Waals surface area contributed by atoms with E-state index in [0.29, 0.717) is 12.0 Å². The molecule has 0 aliphatic carbocycles. The molecule has 0 amide bonds. The molecule has 3 atom stereocenters. The van der Waals surface area contributed by atoms with Gasteiger partial charge >= 0.3 is 0 Å². The van der Waals surface area contributed by atoms with Crippen LogP contribution >= 0.6 is 0 Å². The highest BCUT2D eigenvalue weighted by atomic mass is 16.1. The van der Waals surface area contributed by atoms with E-state index >= 15 is 0 Å². The third-order valence-electron chi connectivity index (χ3n) is 3.84. The minimum atomic E-state index is 0.0786. The standard InChI is InChI=1S/C12H16N2O/c1-14-7-8(2-5-12(14)15)10-6-9-3-4-11(10)13-9/h2,5,7,9-11,13H,3-4,6H2,1H3/t9-,10+,11+/m1/s1. The van der Waals surface area contributed by atoms with Crippen molar-refractivity contribution in [3.05, 3.63) is 34.2 Å². The van der Waals surface area contributed by atoms with E-state index in [2.05, 4.69) is 5.32 Å². The number of rotatable bonds is 1. The normalized spacial score (nSPS) is 33.5. The Hall–Kier alpha value is -1.09. The second-order valence-corrected chi connectivity index (χ2v) is 4.80. The Bertz CT molecular complexity index is 437. The van der Waals surface area contributed by atoms with Crippen molar-refractivity contribution in [1.82, 2.24) is 9.88 Å². The molecule has 3 rings (SSSR count). The summed E-state index contributed by atoms with van der Waals surface area (Å²) < 4.78 is 1.68. The van der Waals surface area contributed by atoms with Gasteiger partial charge in [-0.05, 0) is 24.8 Å². The Morgan fingerprint density at radius 2 is 2.27 bits per heavy atom. The number of pyridine rings is 1. The van der Waals surface area contributed by atoms with E-state index in [1.807, 2.05) is 19.3 Å². The lowest BCUT2D eigenvalue weighted by atomic mass is 9.85. The molecular formula is C12H16N2O. The quantitative estimate of drug-likeness (QED) is 0.740. The number of nitrogens with one attached hydrogen (secondary N) is 1. The van der Waals surface area contributed by atoms with Crippen LogP contribution in [0.25, 0.3) is 0 Å². The second-order valence-electron chi connectivity index (χ2n) is 4.80. The number of fused-ring (bicyclic) bond motifs is 2. The molecular weight excluding hydrogens is 188 g/mol. The van der Waals surface area contributed by atoms with Gasteiger partial charge in [-0.2, -0.15) is 0 Å². The molecule has 2 fully saturated rings. The lowest BCUT2D eigenvalue weighted by Gasteiger charge is -2.20. The first-order chi connectivity index (χ1) is 7.24. The highest BCUT2D eigenvalue weighted by Gasteiger charge is 2.39. The van der Waals surface area contributed by atoms with Gasteiger partial charge in [0.2, 0.25) is 5.56 Å². The average Bonchev–Trinajstić information content (AvgIpc) is 2.83. The summed E-state index contributed by atoms with van der Waals surface area (Å²) in [5.41, 5.74) is 1.40.